The lowest BCUT2D eigenvalue weighted by Crippen LogP contribution is -2.40. The number of thiazole rings is 1. The summed E-state index contributed by atoms with van der Waals surface area (Å²) in [5, 5.41) is 11.8. The predicted molar refractivity (Wildman–Crippen MR) is 117 cm³/mol. The number of aliphatic imine (C=N–C) groups is 1. The molecule has 0 radical (unpaired) electrons. The number of alkyl halides is 3. The molecule has 1 aromatic heterocycles. The van der Waals surface area contributed by atoms with Crippen molar-refractivity contribution in [2.24, 2.45) is 4.99 Å². The zero-order chi connectivity index (χ0) is 21.7. The van der Waals surface area contributed by atoms with E-state index >= 15 is 0 Å². The normalized spacial score (nSPS) is 12.0. The Kier molecular flexibility index (Phi) is 6.74. The number of fused-ring (bicyclic) bond motifs is 1. The van der Waals surface area contributed by atoms with Crippen molar-refractivity contribution in [1.29, 1.82) is 5.26 Å². The van der Waals surface area contributed by atoms with Crippen molar-refractivity contribution in [2.45, 2.75) is 25.9 Å². The summed E-state index contributed by atoms with van der Waals surface area (Å²) in [6, 6.07) is 10.4. The van der Waals surface area contributed by atoms with Gasteiger partial charge in [0.2, 0.25) is 5.96 Å². The van der Waals surface area contributed by atoms with Crippen molar-refractivity contribution in [1.82, 2.24) is 10.3 Å². The van der Waals surface area contributed by atoms with Gasteiger partial charge in [0.05, 0.1) is 21.5 Å². The molecule has 0 aliphatic rings. The molecular formula is C20H18F3N5S2. The summed E-state index contributed by atoms with van der Waals surface area (Å²) in [4.78, 5) is 9.20. The topological polar surface area (TPSA) is 67.2 Å². The number of aromatic amines is 1. The Labute approximate surface area is 180 Å². The summed E-state index contributed by atoms with van der Waals surface area (Å²) in [5.74, 6) is 0.156. The van der Waals surface area contributed by atoms with Gasteiger partial charge in [-0.25, -0.2) is 4.99 Å². The van der Waals surface area contributed by atoms with E-state index in [1.54, 1.807) is 4.90 Å². The average Bonchev–Trinajstić information content (AvgIpc) is 3.07. The van der Waals surface area contributed by atoms with Crippen molar-refractivity contribution in [3.8, 4) is 6.19 Å². The van der Waals surface area contributed by atoms with E-state index in [1.807, 2.05) is 31.3 Å². The molecule has 0 bridgehead atoms. The van der Waals surface area contributed by atoms with Gasteiger partial charge < -0.3 is 9.88 Å². The molecule has 5 nitrogen and oxygen atoms in total. The highest BCUT2D eigenvalue weighted by Gasteiger charge is 2.30. The summed E-state index contributed by atoms with van der Waals surface area (Å²) < 4.78 is 40.8. The lowest BCUT2D eigenvalue weighted by atomic mass is 10.2. The van der Waals surface area contributed by atoms with Crippen LogP contribution in [0.1, 0.15) is 25.3 Å². The third kappa shape index (κ3) is 5.17. The van der Waals surface area contributed by atoms with Crippen molar-refractivity contribution in [3.05, 3.63) is 52.0 Å². The minimum absolute atomic E-state index is 0.0995. The maximum Gasteiger partial charge on any atom is 0.416 e. The summed E-state index contributed by atoms with van der Waals surface area (Å²) >= 11 is 6.62. The van der Waals surface area contributed by atoms with Gasteiger partial charge in [-0.1, -0.05) is 19.4 Å². The van der Waals surface area contributed by atoms with Crippen LogP contribution in [-0.2, 0) is 6.18 Å². The zero-order valence-corrected chi connectivity index (χ0v) is 17.6. The van der Waals surface area contributed by atoms with Crippen molar-refractivity contribution in [3.63, 3.8) is 0 Å². The van der Waals surface area contributed by atoms with Crippen LogP contribution in [0.25, 0.3) is 10.2 Å². The number of hydrogen-bond acceptors (Lipinski definition) is 4. The number of anilines is 1. The molecule has 3 aromatic rings. The molecule has 3 rings (SSSR count). The minimum Gasteiger partial charge on any atom is -0.337 e. The molecule has 0 spiro atoms. The zero-order valence-electron chi connectivity index (χ0n) is 16.0. The molecule has 0 aliphatic carbocycles. The molecule has 0 unspecified atom stereocenters. The molecule has 1 heterocycles. The minimum atomic E-state index is -4.47. The van der Waals surface area contributed by atoms with E-state index in [-0.39, 0.29) is 11.6 Å². The number of hydrogen-bond donors (Lipinski definition) is 2. The van der Waals surface area contributed by atoms with Crippen LogP contribution in [0.5, 0.6) is 0 Å². The lowest BCUT2D eigenvalue weighted by Gasteiger charge is -2.25. The average molecular weight is 450 g/mol. The van der Waals surface area contributed by atoms with Crippen molar-refractivity contribution < 1.29 is 13.2 Å². The summed E-state index contributed by atoms with van der Waals surface area (Å²) in [6.07, 6.45) is -0.942. The molecule has 0 aliphatic heterocycles. The number of unbranched alkanes of at least 4 members (excludes halogenated alkanes) is 1. The van der Waals surface area contributed by atoms with E-state index < -0.39 is 11.7 Å². The number of rotatable bonds is 5. The van der Waals surface area contributed by atoms with Gasteiger partial charge in [-0.15, -0.1) is 11.3 Å². The van der Waals surface area contributed by atoms with Gasteiger partial charge in [0, 0.05) is 12.2 Å². The Morgan fingerprint density at radius 2 is 2.10 bits per heavy atom. The van der Waals surface area contributed by atoms with Gasteiger partial charge in [0.1, 0.15) is 0 Å². The molecule has 156 valence electrons. The van der Waals surface area contributed by atoms with Crippen LogP contribution in [0.3, 0.4) is 0 Å². The monoisotopic (exact) mass is 449 g/mol. The fourth-order valence-corrected chi connectivity index (χ4v) is 4.00. The van der Waals surface area contributed by atoms with Crippen molar-refractivity contribution >= 4 is 51.1 Å². The first-order valence-corrected chi connectivity index (χ1v) is 10.4. The maximum atomic E-state index is 13.1. The van der Waals surface area contributed by atoms with E-state index in [0.29, 0.717) is 10.5 Å². The Hall–Kier alpha value is -2.90. The molecule has 10 heteroatoms. The smallest absolute Gasteiger partial charge is 0.337 e. The molecule has 0 atom stereocenters. The van der Waals surface area contributed by atoms with E-state index in [4.69, 9.17) is 12.2 Å². The van der Waals surface area contributed by atoms with E-state index in [2.05, 4.69) is 15.3 Å². The molecule has 0 saturated heterocycles. The number of H-pyrrole nitrogens is 1. The van der Waals surface area contributed by atoms with Crippen LogP contribution in [0.2, 0.25) is 0 Å². The van der Waals surface area contributed by atoms with Crippen LogP contribution in [-0.4, -0.2) is 17.5 Å². The molecule has 2 aromatic carbocycles. The van der Waals surface area contributed by atoms with Gasteiger partial charge in [-0.2, -0.15) is 18.4 Å². The Morgan fingerprint density at radius 3 is 2.80 bits per heavy atom. The second-order valence-electron chi connectivity index (χ2n) is 6.42. The van der Waals surface area contributed by atoms with Crippen LogP contribution < -0.4 is 10.2 Å². The standard InChI is InChI=1S/C20H18F3N5S2/c1-2-3-9-28(15-7-8-16-17(11-15)30-19(29)27-16)18(25-12-24)26-14-6-4-5-13(10-14)20(21,22)23/h4-8,10-11H,2-3,9H2,1H3,(H,25,26)(H,27,29). The fourth-order valence-electron chi connectivity index (χ4n) is 2.86. The van der Waals surface area contributed by atoms with Crippen molar-refractivity contribution in [2.75, 3.05) is 11.4 Å². The predicted octanol–water partition coefficient (Wildman–Crippen LogP) is 6.34. The van der Waals surface area contributed by atoms with Gasteiger partial charge >= 0.3 is 6.18 Å². The summed E-state index contributed by atoms with van der Waals surface area (Å²) in [7, 11) is 0. The van der Waals surface area contributed by atoms with Crippen LogP contribution >= 0.6 is 23.6 Å². The number of nitriles is 1. The number of nitrogens with one attached hydrogen (secondary N) is 2. The van der Waals surface area contributed by atoms with Crippen LogP contribution in [0.15, 0.2) is 47.5 Å². The van der Waals surface area contributed by atoms with E-state index in [1.165, 1.54) is 23.5 Å². The SMILES string of the molecule is CCCCN(C(=Nc1cccc(C(F)(F)F)c1)NC#N)c1ccc2[nH]c(=S)sc2c1. The lowest BCUT2D eigenvalue weighted by molar-refractivity contribution is -0.137. The highest BCUT2D eigenvalue weighted by Crippen LogP contribution is 2.32. The number of aromatic nitrogens is 1. The molecule has 0 amide bonds. The Morgan fingerprint density at radius 1 is 1.30 bits per heavy atom. The van der Waals surface area contributed by atoms with Gasteiger partial charge in [-0.05, 0) is 55.0 Å². The first kappa shape index (κ1) is 21.8. The number of guanidine groups is 1. The second-order valence-corrected chi connectivity index (χ2v) is 8.14. The van der Waals surface area contributed by atoms with Gasteiger partial charge in [-0.3, -0.25) is 5.32 Å². The molecule has 2 N–H and O–H groups in total. The largest absolute Gasteiger partial charge is 0.416 e. The number of nitrogens with zero attached hydrogens (tertiary/aromatic N) is 3. The summed E-state index contributed by atoms with van der Waals surface area (Å²) in [5.41, 5.74) is 0.958. The molecular weight excluding hydrogens is 431 g/mol. The molecule has 0 fully saturated rings. The highest BCUT2D eigenvalue weighted by molar-refractivity contribution is 7.73. The quantitative estimate of drug-likeness (QED) is 0.157. The van der Waals surface area contributed by atoms with Crippen LogP contribution in [0.4, 0.5) is 24.5 Å². The van der Waals surface area contributed by atoms with E-state index in [9.17, 15) is 18.4 Å². The molecule has 0 saturated carbocycles. The number of halogens is 3. The number of benzene rings is 2. The second kappa shape index (κ2) is 9.28. The van der Waals surface area contributed by atoms with E-state index in [0.717, 1.165) is 40.9 Å². The maximum absolute atomic E-state index is 13.1. The van der Waals surface area contributed by atoms with Crippen LogP contribution in [0, 0.1) is 15.4 Å². The van der Waals surface area contributed by atoms with Gasteiger partial charge in [0.15, 0.2) is 10.1 Å². The summed E-state index contributed by atoms with van der Waals surface area (Å²) in [6.45, 7) is 2.56. The Bertz CT molecular complexity index is 1160. The first-order valence-electron chi connectivity index (χ1n) is 9.13. The fraction of sp³-hybridized carbons (Fsp3) is 0.250. The first-order chi connectivity index (χ1) is 14.3. The third-order valence-electron chi connectivity index (χ3n) is 4.28. The van der Waals surface area contributed by atoms with Gasteiger partial charge in [0.25, 0.3) is 0 Å². The highest BCUT2D eigenvalue weighted by atomic mass is 32.1. The third-order valence-corrected chi connectivity index (χ3v) is 5.48. The Balaban J connectivity index is 2.06. The molecule has 30 heavy (non-hydrogen) atoms.